The number of sulfonamides is 1. The van der Waals surface area contributed by atoms with Crippen LogP contribution in [-0.2, 0) is 14.8 Å². The quantitative estimate of drug-likeness (QED) is 0.790. The summed E-state index contributed by atoms with van der Waals surface area (Å²) in [5.74, 6) is -0.547. The molecule has 1 N–H and O–H groups in total. The van der Waals surface area contributed by atoms with E-state index >= 15 is 0 Å². The SMILES string of the molecule is CCCNC(=O)CN(c1ccc(C(=O)N(C)C)cc1)S(C)(=O)=O. The summed E-state index contributed by atoms with van der Waals surface area (Å²) in [6.45, 7) is 2.11. The van der Waals surface area contributed by atoms with Crippen LogP contribution in [0.5, 0.6) is 0 Å². The van der Waals surface area contributed by atoms with E-state index in [1.807, 2.05) is 6.92 Å². The predicted molar refractivity (Wildman–Crippen MR) is 90.0 cm³/mol. The Labute approximate surface area is 137 Å². The lowest BCUT2D eigenvalue weighted by Gasteiger charge is -2.22. The number of rotatable bonds is 7. The zero-order valence-electron chi connectivity index (χ0n) is 13.9. The fourth-order valence-electron chi connectivity index (χ4n) is 1.88. The number of hydrogen-bond acceptors (Lipinski definition) is 4. The molecule has 0 aliphatic heterocycles. The zero-order chi connectivity index (χ0) is 17.6. The Hall–Kier alpha value is -2.09. The first kappa shape index (κ1) is 19.0. The predicted octanol–water partition coefficient (Wildman–Crippen LogP) is 0.681. The minimum Gasteiger partial charge on any atom is -0.355 e. The highest BCUT2D eigenvalue weighted by Crippen LogP contribution is 2.18. The number of carbonyl (C=O) groups excluding carboxylic acids is 2. The van der Waals surface area contributed by atoms with Crippen LogP contribution < -0.4 is 9.62 Å². The monoisotopic (exact) mass is 341 g/mol. The molecule has 0 spiro atoms. The summed E-state index contributed by atoms with van der Waals surface area (Å²) in [7, 11) is -0.338. The van der Waals surface area contributed by atoms with Crippen molar-refractivity contribution in [3.05, 3.63) is 29.8 Å². The molecular formula is C15H23N3O4S. The Kier molecular flexibility index (Phi) is 6.56. The van der Waals surface area contributed by atoms with E-state index in [0.717, 1.165) is 17.0 Å². The highest BCUT2D eigenvalue weighted by atomic mass is 32.2. The van der Waals surface area contributed by atoms with E-state index in [1.54, 1.807) is 26.2 Å². The molecule has 8 heteroatoms. The van der Waals surface area contributed by atoms with Gasteiger partial charge in [0.05, 0.1) is 11.9 Å². The van der Waals surface area contributed by atoms with E-state index in [9.17, 15) is 18.0 Å². The maximum atomic E-state index is 11.9. The van der Waals surface area contributed by atoms with Gasteiger partial charge in [-0.2, -0.15) is 0 Å². The molecule has 0 unspecified atom stereocenters. The first-order chi connectivity index (χ1) is 10.7. The van der Waals surface area contributed by atoms with Crippen molar-refractivity contribution in [3.8, 4) is 0 Å². The summed E-state index contributed by atoms with van der Waals surface area (Å²) < 4.78 is 24.9. The van der Waals surface area contributed by atoms with E-state index in [2.05, 4.69) is 5.32 Å². The van der Waals surface area contributed by atoms with E-state index in [0.29, 0.717) is 17.8 Å². The third-order valence-electron chi connectivity index (χ3n) is 3.07. The van der Waals surface area contributed by atoms with Gasteiger partial charge in [0.2, 0.25) is 15.9 Å². The molecule has 0 atom stereocenters. The second-order valence-electron chi connectivity index (χ2n) is 5.37. The molecule has 1 aromatic carbocycles. The van der Waals surface area contributed by atoms with E-state index in [-0.39, 0.29) is 18.4 Å². The van der Waals surface area contributed by atoms with Crippen molar-refractivity contribution in [2.24, 2.45) is 0 Å². The number of anilines is 1. The molecule has 0 radical (unpaired) electrons. The molecule has 0 aliphatic carbocycles. The van der Waals surface area contributed by atoms with Crippen molar-refractivity contribution in [2.45, 2.75) is 13.3 Å². The largest absolute Gasteiger partial charge is 0.355 e. The Morgan fingerprint density at radius 2 is 1.70 bits per heavy atom. The first-order valence-electron chi connectivity index (χ1n) is 7.23. The lowest BCUT2D eigenvalue weighted by Crippen LogP contribution is -2.40. The Balaban J connectivity index is 3.00. The van der Waals surface area contributed by atoms with Crippen LogP contribution in [0.15, 0.2) is 24.3 Å². The molecule has 0 fully saturated rings. The lowest BCUT2D eigenvalue weighted by molar-refractivity contribution is -0.119. The molecule has 0 saturated carbocycles. The normalized spacial score (nSPS) is 11.0. The number of carbonyl (C=O) groups is 2. The van der Waals surface area contributed by atoms with Gasteiger partial charge < -0.3 is 10.2 Å². The second-order valence-corrected chi connectivity index (χ2v) is 7.27. The number of hydrogen-bond donors (Lipinski definition) is 1. The molecule has 2 amide bonds. The van der Waals surface area contributed by atoms with Gasteiger partial charge in [-0.1, -0.05) is 6.92 Å². The van der Waals surface area contributed by atoms with Gasteiger partial charge in [0, 0.05) is 26.2 Å². The summed E-state index contributed by atoms with van der Waals surface area (Å²) in [5, 5.41) is 2.64. The van der Waals surface area contributed by atoms with Crippen LogP contribution in [0, 0.1) is 0 Å². The van der Waals surface area contributed by atoms with Crippen molar-refractivity contribution >= 4 is 27.5 Å². The summed E-state index contributed by atoms with van der Waals surface area (Å²) >= 11 is 0. The molecule has 0 heterocycles. The maximum Gasteiger partial charge on any atom is 0.253 e. The third kappa shape index (κ3) is 5.55. The molecule has 1 aromatic rings. The van der Waals surface area contributed by atoms with Crippen molar-refractivity contribution in [3.63, 3.8) is 0 Å². The van der Waals surface area contributed by atoms with E-state index < -0.39 is 10.0 Å². The van der Waals surface area contributed by atoms with Crippen LogP contribution in [0.4, 0.5) is 5.69 Å². The van der Waals surface area contributed by atoms with Gasteiger partial charge in [-0.15, -0.1) is 0 Å². The first-order valence-corrected chi connectivity index (χ1v) is 9.07. The maximum absolute atomic E-state index is 11.9. The van der Waals surface area contributed by atoms with Gasteiger partial charge in [-0.3, -0.25) is 13.9 Å². The lowest BCUT2D eigenvalue weighted by atomic mass is 10.2. The Morgan fingerprint density at radius 1 is 1.13 bits per heavy atom. The molecule has 0 aliphatic rings. The zero-order valence-corrected chi connectivity index (χ0v) is 14.7. The second kappa shape index (κ2) is 7.96. The molecule has 23 heavy (non-hydrogen) atoms. The number of benzene rings is 1. The van der Waals surface area contributed by atoms with Crippen molar-refractivity contribution in [2.75, 3.05) is 37.7 Å². The standard InChI is InChI=1S/C15H23N3O4S/c1-5-10-16-14(19)11-18(23(4,21)22)13-8-6-12(7-9-13)15(20)17(2)3/h6-9H,5,10-11H2,1-4H3,(H,16,19). The van der Waals surface area contributed by atoms with Crippen molar-refractivity contribution < 1.29 is 18.0 Å². The van der Waals surface area contributed by atoms with Crippen LogP contribution in [0.3, 0.4) is 0 Å². The molecule has 0 bridgehead atoms. The van der Waals surface area contributed by atoms with Gasteiger partial charge in [0.1, 0.15) is 6.54 Å². The summed E-state index contributed by atoms with van der Waals surface area (Å²) in [4.78, 5) is 25.1. The summed E-state index contributed by atoms with van der Waals surface area (Å²) in [6, 6.07) is 6.12. The van der Waals surface area contributed by atoms with Crippen LogP contribution >= 0.6 is 0 Å². The number of nitrogens with one attached hydrogen (secondary N) is 1. The van der Waals surface area contributed by atoms with Crippen LogP contribution in [0.1, 0.15) is 23.7 Å². The molecule has 0 saturated heterocycles. The highest BCUT2D eigenvalue weighted by molar-refractivity contribution is 7.92. The fourth-order valence-corrected chi connectivity index (χ4v) is 2.74. The molecule has 128 valence electrons. The number of nitrogens with zero attached hydrogens (tertiary/aromatic N) is 2. The van der Waals surface area contributed by atoms with Gasteiger partial charge in [0.15, 0.2) is 0 Å². The van der Waals surface area contributed by atoms with Gasteiger partial charge in [0.25, 0.3) is 5.91 Å². The topological polar surface area (TPSA) is 86.8 Å². The smallest absolute Gasteiger partial charge is 0.253 e. The summed E-state index contributed by atoms with van der Waals surface area (Å²) in [5.41, 5.74) is 0.789. The van der Waals surface area contributed by atoms with E-state index in [4.69, 9.17) is 0 Å². The molecule has 7 nitrogen and oxygen atoms in total. The van der Waals surface area contributed by atoms with E-state index in [1.165, 1.54) is 17.0 Å². The molecule has 1 rings (SSSR count). The van der Waals surface area contributed by atoms with Crippen LogP contribution in [0.25, 0.3) is 0 Å². The average molecular weight is 341 g/mol. The van der Waals surface area contributed by atoms with Crippen LogP contribution in [-0.4, -0.2) is 58.6 Å². The van der Waals surface area contributed by atoms with Gasteiger partial charge >= 0.3 is 0 Å². The van der Waals surface area contributed by atoms with Crippen LogP contribution in [0.2, 0.25) is 0 Å². The fraction of sp³-hybridized carbons (Fsp3) is 0.467. The minimum absolute atomic E-state index is 0.178. The van der Waals surface area contributed by atoms with Gasteiger partial charge in [-0.25, -0.2) is 8.42 Å². The Morgan fingerprint density at radius 3 is 2.13 bits per heavy atom. The number of amides is 2. The van der Waals surface area contributed by atoms with Crippen molar-refractivity contribution in [1.82, 2.24) is 10.2 Å². The van der Waals surface area contributed by atoms with Crippen molar-refractivity contribution in [1.29, 1.82) is 0 Å². The minimum atomic E-state index is -3.61. The highest BCUT2D eigenvalue weighted by Gasteiger charge is 2.21. The average Bonchev–Trinajstić information content (AvgIpc) is 2.48. The van der Waals surface area contributed by atoms with Gasteiger partial charge in [-0.05, 0) is 30.7 Å². The Bertz CT molecular complexity index is 654. The summed E-state index contributed by atoms with van der Waals surface area (Å²) in [6.07, 6.45) is 1.81. The molecule has 0 aromatic heterocycles. The third-order valence-corrected chi connectivity index (χ3v) is 4.21. The molecular weight excluding hydrogens is 318 g/mol.